The highest BCUT2D eigenvalue weighted by molar-refractivity contribution is 8.13. The number of carbonyl (C=O) groups is 1. The number of thioether (sulfide) groups is 1. The molecule has 1 atom stereocenters. The van der Waals surface area contributed by atoms with E-state index in [0.717, 1.165) is 17.7 Å². The number of halogens is 1. The van der Waals surface area contributed by atoms with Gasteiger partial charge in [-0.2, -0.15) is 0 Å². The van der Waals surface area contributed by atoms with Gasteiger partial charge < -0.3 is 11.1 Å². The van der Waals surface area contributed by atoms with Crippen LogP contribution in [0.2, 0.25) is 5.15 Å². The number of amides is 1. The van der Waals surface area contributed by atoms with Crippen LogP contribution in [0.15, 0.2) is 41.7 Å². The Hall–Kier alpha value is -2.12. The van der Waals surface area contributed by atoms with Gasteiger partial charge in [-0.25, -0.2) is 9.97 Å². The summed E-state index contributed by atoms with van der Waals surface area (Å²) in [5.74, 6) is 0.509. The third kappa shape index (κ3) is 3.52. The average Bonchev–Trinajstić information content (AvgIpc) is 2.55. The molecule has 24 heavy (non-hydrogen) atoms. The Morgan fingerprint density at radius 3 is 2.92 bits per heavy atom. The molecule has 2 heterocycles. The maximum Gasteiger partial charge on any atom is 0.277 e. The number of nitrogens with one attached hydrogen (secondary N) is 1. The number of hydrogen-bond donors (Lipinski definition) is 2. The second-order valence-electron chi connectivity index (χ2n) is 5.55. The molecule has 1 aromatic heterocycles. The minimum Gasteiger partial charge on any atom is -0.379 e. The molecule has 0 unspecified atom stereocenters. The van der Waals surface area contributed by atoms with Crippen molar-refractivity contribution in [2.45, 2.75) is 18.9 Å². The van der Waals surface area contributed by atoms with Gasteiger partial charge in [0.2, 0.25) is 0 Å². The summed E-state index contributed by atoms with van der Waals surface area (Å²) >= 11 is 7.47. The summed E-state index contributed by atoms with van der Waals surface area (Å²) < 4.78 is 0. The van der Waals surface area contributed by atoms with Gasteiger partial charge in [0.25, 0.3) is 5.91 Å². The van der Waals surface area contributed by atoms with Crippen LogP contribution in [0, 0.1) is 0 Å². The van der Waals surface area contributed by atoms with Crippen LogP contribution in [-0.4, -0.2) is 26.8 Å². The highest BCUT2D eigenvalue weighted by Crippen LogP contribution is 2.35. The van der Waals surface area contributed by atoms with Gasteiger partial charge in [0.05, 0.1) is 5.54 Å². The second kappa shape index (κ2) is 6.78. The van der Waals surface area contributed by atoms with Crippen LogP contribution in [0.5, 0.6) is 0 Å². The van der Waals surface area contributed by atoms with Gasteiger partial charge in [-0.15, -0.1) is 0 Å². The molecule has 1 aliphatic heterocycles. The molecule has 1 amide bonds. The van der Waals surface area contributed by atoms with Gasteiger partial charge in [0.15, 0.2) is 16.0 Å². The predicted octanol–water partition coefficient (Wildman–Crippen LogP) is 3.05. The number of hydrogen-bond acceptors (Lipinski definition) is 6. The second-order valence-corrected chi connectivity index (χ2v) is 7.03. The molecule has 3 N–H and O–H groups in total. The van der Waals surface area contributed by atoms with Crippen molar-refractivity contribution in [3.8, 4) is 0 Å². The Morgan fingerprint density at radius 2 is 2.17 bits per heavy atom. The van der Waals surface area contributed by atoms with Crippen LogP contribution >= 0.6 is 23.4 Å². The highest BCUT2D eigenvalue weighted by Gasteiger charge is 2.29. The van der Waals surface area contributed by atoms with E-state index in [1.165, 1.54) is 12.4 Å². The smallest absolute Gasteiger partial charge is 0.277 e. The zero-order valence-corrected chi connectivity index (χ0v) is 14.6. The summed E-state index contributed by atoms with van der Waals surface area (Å²) in [5.41, 5.74) is 7.21. The third-order valence-electron chi connectivity index (χ3n) is 3.81. The van der Waals surface area contributed by atoms with Crippen molar-refractivity contribution < 1.29 is 4.79 Å². The first-order valence-electron chi connectivity index (χ1n) is 7.34. The van der Waals surface area contributed by atoms with E-state index in [0.29, 0.717) is 10.9 Å². The summed E-state index contributed by atoms with van der Waals surface area (Å²) in [6, 6.07) is 7.56. The molecule has 0 radical (unpaired) electrons. The fourth-order valence-corrected chi connectivity index (χ4v) is 3.66. The average molecular weight is 362 g/mol. The fraction of sp³-hybridized carbons (Fsp3) is 0.250. The van der Waals surface area contributed by atoms with Crippen LogP contribution in [0.25, 0.3) is 0 Å². The molecule has 0 aliphatic carbocycles. The molecule has 8 heteroatoms. The van der Waals surface area contributed by atoms with Gasteiger partial charge in [-0.3, -0.25) is 9.79 Å². The highest BCUT2D eigenvalue weighted by atomic mass is 35.5. The van der Waals surface area contributed by atoms with Crippen molar-refractivity contribution in [1.82, 2.24) is 9.97 Å². The van der Waals surface area contributed by atoms with Gasteiger partial charge in [-0.05, 0) is 31.0 Å². The first kappa shape index (κ1) is 16.7. The number of benzene rings is 1. The van der Waals surface area contributed by atoms with Crippen LogP contribution in [0.3, 0.4) is 0 Å². The quantitative estimate of drug-likeness (QED) is 0.876. The van der Waals surface area contributed by atoms with E-state index in [-0.39, 0.29) is 16.4 Å². The van der Waals surface area contributed by atoms with Crippen molar-refractivity contribution in [3.05, 3.63) is 53.1 Å². The molecule has 0 saturated carbocycles. The summed E-state index contributed by atoms with van der Waals surface area (Å²) in [4.78, 5) is 24.7. The van der Waals surface area contributed by atoms with E-state index in [2.05, 4.69) is 20.3 Å². The van der Waals surface area contributed by atoms with E-state index in [9.17, 15) is 4.79 Å². The van der Waals surface area contributed by atoms with Crippen molar-refractivity contribution in [2.75, 3.05) is 11.1 Å². The third-order valence-corrected chi connectivity index (χ3v) is 4.88. The molecule has 3 rings (SSSR count). The largest absolute Gasteiger partial charge is 0.379 e. The van der Waals surface area contributed by atoms with Crippen molar-refractivity contribution in [2.24, 2.45) is 10.7 Å². The minimum absolute atomic E-state index is 0.0693. The number of aromatic nitrogens is 2. The van der Waals surface area contributed by atoms with E-state index >= 15 is 0 Å². The SMILES string of the molecule is C[C@@]1(c2cccc(NC(=O)c3nccnc3Cl)c2)CCSC(N)=N1. The number of carbonyl (C=O) groups excluding carboxylic acids is 1. The van der Waals surface area contributed by atoms with Crippen LogP contribution in [0.1, 0.15) is 29.4 Å². The molecular weight excluding hydrogens is 346 g/mol. The van der Waals surface area contributed by atoms with Crippen molar-refractivity contribution in [3.63, 3.8) is 0 Å². The fourth-order valence-electron chi connectivity index (χ4n) is 2.49. The van der Waals surface area contributed by atoms with E-state index < -0.39 is 5.91 Å². The Morgan fingerprint density at radius 1 is 1.38 bits per heavy atom. The van der Waals surface area contributed by atoms with E-state index in [4.69, 9.17) is 17.3 Å². The zero-order valence-electron chi connectivity index (χ0n) is 13.0. The normalized spacial score (nSPS) is 20.3. The number of nitrogens with two attached hydrogens (primary N) is 1. The van der Waals surface area contributed by atoms with Crippen molar-refractivity contribution >= 4 is 40.1 Å². The number of anilines is 1. The molecule has 124 valence electrons. The Kier molecular flexibility index (Phi) is 4.73. The number of nitrogens with zero attached hydrogens (tertiary/aromatic N) is 3. The van der Waals surface area contributed by atoms with E-state index in [1.54, 1.807) is 17.8 Å². The summed E-state index contributed by atoms with van der Waals surface area (Å²) in [6.07, 6.45) is 3.74. The van der Waals surface area contributed by atoms with Gasteiger partial charge >= 0.3 is 0 Å². The molecule has 6 nitrogen and oxygen atoms in total. The molecule has 0 saturated heterocycles. The van der Waals surface area contributed by atoms with Gasteiger partial charge in [0, 0.05) is 23.8 Å². The lowest BCUT2D eigenvalue weighted by molar-refractivity contribution is 0.102. The summed E-state index contributed by atoms with van der Waals surface area (Å²) in [6.45, 7) is 2.04. The topological polar surface area (TPSA) is 93.3 Å². The monoisotopic (exact) mass is 361 g/mol. The number of amidine groups is 1. The van der Waals surface area contributed by atoms with Crippen LogP contribution < -0.4 is 11.1 Å². The maximum absolute atomic E-state index is 12.3. The molecule has 0 fully saturated rings. The summed E-state index contributed by atoms with van der Waals surface area (Å²) in [5, 5.41) is 3.45. The molecule has 2 aromatic rings. The standard InChI is InChI=1S/C16H16ClN5OS/c1-16(5-8-24-15(18)22-16)10-3-2-4-11(9-10)21-14(23)12-13(17)20-7-6-19-12/h2-4,6-7,9H,5,8H2,1H3,(H2,18,22)(H,21,23)/t16-/m0/s1. The summed E-state index contributed by atoms with van der Waals surface area (Å²) in [7, 11) is 0. The Balaban J connectivity index is 1.85. The maximum atomic E-state index is 12.3. The number of aliphatic imine (C=N–C) groups is 1. The zero-order chi connectivity index (χ0) is 17.2. The molecule has 1 aromatic carbocycles. The van der Waals surface area contributed by atoms with Gasteiger partial charge in [-0.1, -0.05) is 35.5 Å². The Labute approximate surface area is 148 Å². The number of rotatable bonds is 3. The lowest BCUT2D eigenvalue weighted by atomic mass is 9.89. The lowest BCUT2D eigenvalue weighted by Gasteiger charge is -2.30. The molecule has 1 aliphatic rings. The molecule has 0 spiro atoms. The molecular formula is C16H16ClN5OS. The predicted molar refractivity (Wildman–Crippen MR) is 97.5 cm³/mol. The van der Waals surface area contributed by atoms with E-state index in [1.807, 2.05) is 25.1 Å². The van der Waals surface area contributed by atoms with Crippen molar-refractivity contribution in [1.29, 1.82) is 0 Å². The van der Waals surface area contributed by atoms with Gasteiger partial charge in [0.1, 0.15) is 0 Å². The minimum atomic E-state index is -0.405. The van der Waals surface area contributed by atoms with Crippen LogP contribution in [0.4, 0.5) is 5.69 Å². The first-order chi connectivity index (χ1) is 11.5. The first-order valence-corrected chi connectivity index (χ1v) is 8.71. The van der Waals surface area contributed by atoms with Crippen LogP contribution in [-0.2, 0) is 5.54 Å². The Bertz CT molecular complexity index is 813. The lowest BCUT2D eigenvalue weighted by Crippen LogP contribution is -2.28. The molecule has 0 bridgehead atoms.